The lowest BCUT2D eigenvalue weighted by Crippen LogP contribution is -2.57. The van der Waals surface area contributed by atoms with Crippen LogP contribution in [0, 0.1) is 11.3 Å². The van der Waals surface area contributed by atoms with Gasteiger partial charge in [0.15, 0.2) is 0 Å². The fourth-order valence-electron chi connectivity index (χ4n) is 4.03. The summed E-state index contributed by atoms with van der Waals surface area (Å²) in [5.74, 6) is -0.455. The highest BCUT2D eigenvalue weighted by Crippen LogP contribution is 2.57. The molecular weight excluding hydrogens is 274 g/mol. The van der Waals surface area contributed by atoms with Crippen LogP contribution in [0.3, 0.4) is 0 Å². The summed E-state index contributed by atoms with van der Waals surface area (Å²) >= 11 is 0. The molecular formula is C16H16F2N2O. The van der Waals surface area contributed by atoms with Crippen molar-refractivity contribution in [1.29, 1.82) is 0 Å². The Balaban J connectivity index is 1.86. The number of fused-ring (bicyclic) bond motifs is 3. The van der Waals surface area contributed by atoms with E-state index < -0.39 is 30.8 Å². The van der Waals surface area contributed by atoms with Crippen molar-refractivity contribution in [2.75, 3.05) is 13.3 Å². The smallest absolute Gasteiger partial charge is 0.0981 e. The molecule has 1 aliphatic carbocycles. The molecule has 0 radical (unpaired) electrons. The fraction of sp³-hybridized carbons (Fsp3) is 0.438. The van der Waals surface area contributed by atoms with Gasteiger partial charge in [-0.1, -0.05) is 24.3 Å². The minimum atomic E-state index is -1.07. The maximum atomic E-state index is 13.5. The molecule has 2 aliphatic rings. The number of nitrogens with zero attached hydrogens (tertiary/aromatic N) is 2. The first-order chi connectivity index (χ1) is 10.2. The largest absolute Gasteiger partial charge is 0.393 e. The Bertz CT molecular complexity index is 680. The van der Waals surface area contributed by atoms with Gasteiger partial charge in [0.25, 0.3) is 0 Å². The highest BCUT2D eigenvalue weighted by Gasteiger charge is 2.59. The lowest BCUT2D eigenvalue weighted by atomic mass is 9.56. The second-order valence-electron chi connectivity index (χ2n) is 6.15. The van der Waals surface area contributed by atoms with Crippen molar-refractivity contribution in [2.45, 2.75) is 18.6 Å². The minimum absolute atomic E-state index is 0.188. The Morgan fingerprint density at radius 1 is 1.29 bits per heavy atom. The number of hydrogen-bond donors (Lipinski definition) is 1. The average Bonchev–Trinajstić information content (AvgIpc) is 3.08. The van der Waals surface area contributed by atoms with Crippen LogP contribution < -0.4 is 0 Å². The first-order valence-corrected chi connectivity index (χ1v) is 7.13. The Morgan fingerprint density at radius 3 is 2.76 bits per heavy atom. The van der Waals surface area contributed by atoms with E-state index >= 15 is 0 Å². The Morgan fingerprint density at radius 2 is 2.05 bits per heavy atom. The quantitative estimate of drug-likeness (QED) is 0.944. The molecule has 0 saturated heterocycles. The number of rotatable bonds is 3. The summed E-state index contributed by atoms with van der Waals surface area (Å²) in [5, 5.41) is 10.2. The standard InChI is InChI=1S/C16H16F2N2O/c17-7-16(8-18)5-13(21)14(16)15-11-4-2-1-3-10(11)12-6-19-9-20(12)15/h1-4,6,9,13-15,21H,5,7-8H2. The van der Waals surface area contributed by atoms with Crippen molar-refractivity contribution in [3.8, 4) is 11.3 Å². The summed E-state index contributed by atoms with van der Waals surface area (Å²) < 4.78 is 28.9. The van der Waals surface area contributed by atoms with Gasteiger partial charge in [-0.05, 0) is 12.0 Å². The molecule has 2 aromatic rings. The monoisotopic (exact) mass is 290 g/mol. The SMILES string of the molecule is OC1CC(CF)(CF)C1C1c2ccccc2-c2cncn21. The second-order valence-corrected chi connectivity index (χ2v) is 6.15. The zero-order valence-corrected chi connectivity index (χ0v) is 11.4. The van der Waals surface area contributed by atoms with E-state index in [-0.39, 0.29) is 12.5 Å². The third kappa shape index (κ3) is 1.52. The van der Waals surface area contributed by atoms with Crippen LogP contribution in [-0.4, -0.2) is 34.1 Å². The summed E-state index contributed by atoms with van der Waals surface area (Å²) in [6, 6.07) is 7.57. The minimum Gasteiger partial charge on any atom is -0.393 e. The van der Waals surface area contributed by atoms with Gasteiger partial charge in [-0.15, -0.1) is 0 Å². The van der Waals surface area contributed by atoms with E-state index in [0.717, 1.165) is 16.8 Å². The van der Waals surface area contributed by atoms with E-state index in [9.17, 15) is 13.9 Å². The maximum absolute atomic E-state index is 13.5. The molecule has 110 valence electrons. The molecule has 1 aromatic heterocycles. The normalized spacial score (nSPS) is 28.8. The predicted octanol–water partition coefficient (Wildman–Crippen LogP) is 2.76. The number of aliphatic hydroxyl groups excluding tert-OH is 1. The molecule has 2 heterocycles. The van der Waals surface area contributed by atoms with Crippen molar-refractivity contribution >= 4 is 0 Å². The lowest BCUT2D eigenvalue weighted by Gasteiger charge is -2.53. The Labute approximate surface area is 121 Å². The molecule has 1 saturated carbocycles. The predicted molar refractivity (Wildman–Crippen MR) is 74.3 cm³/mol. The van der Waals surface area contributed by atoms with Crippen LogP contribution in [0.4, 0.5) is 8.78 Å². The van der Waals surface area contributed by atoms with E-state index in [1.54, 1.807) is 12.5 Å². The van der Waals surface area contributed by atoms with Crippen LogP contribution in [-0.2, 0) is 0 Å². The zero-order valence-electron chi connectivity index (χ0n) is 11.4. The number of halogens is 2. The van der Waals surface area contributed by atoms with Gasteiger partial charge in [-0.2, -0.15) is 0 Å². The Hall–Kier alpha value is -1.75. The van der Waals surface area contributed by atoms with Crippen molar-refractivity contribution in [3.63, 3.8) is 0 Å². The molecule has 1 aliphatic heterocycles. The molecule has 4 rings (SSSR count). The average molecular weight is 290 g/mol. The van der Waals surface area contributed by atoms with Gasteiger partial charge in [0, 0.05) is 16.9 Å². The number of alkyl halides is 2. The summed E-state index contributed by atoms with van der Waals surface area (Å²) in [5.41, 5.74) is 1.93. The van der Waals surface area contributed by atoms with E-state index in [4.69, 9.17) is 0 Å². The number of hydrogen-bond acceptors (Lipinski definition) is 2. The van der Waals surface area contributed by atoms with Crippen LogP contribution in [0.25, 0.3) is 11.3 Å². The maximum Gasteiger partial charge on any atom is 0.0981 e. The van der Waals surface area contributed by atoms with Crippen LogP contribution in [0.5, 0.6) is 0 Å². The highest BCUT2D eigenvalue weighted by molar-refractivity contribution is 5.69. The van der Waals surface area contributed by atoms with Gasteiger partial charge in [0.1, 0.15) is 0 Å². The molecule has 3 unspecified atom stereocenters. The van der Waals surface area contributed by atoms with Gasteiger partial charge in [0.05, 0.1) is 43.7 Å². The van der Waals surface area contributed by atoms with Gasteiger partial charge in [0.2, 0.25) is 0 Å². The Kier molecular flexibility index (Phi) is 2.70. The molecule has 21 heavy (non-hydrogen) atoms. The van der Waals surface area contributed by atoms with Crippen molar-refractivity contribution in [1.82, 2.24) is 9.55 Å². The topological polar surface area (TPSA) is 38.1 Å². The van der Waals surface area contributed by atoms with Crippen molar-refractivity contribution < 1.29 is 13.9 Å². The summed E-state index contributed by atoms with van der Waals surface area (Å²) in [4.78, 5) is 4.15. The van der Waals surface area contributed by atoms with Gasteiger partial charge in [-0.25, -0.2) is 4.98 Å². The third-order valence-corrected chi connectivity index (χ3v) is 5.13. The molecule has 3 atom stereocenters. The van der Waals surface area contributed by atoms with E-state index in [2.05, 4.69) is 4.98 Å². The van der Waals surface area contributed by atoms with Crippen molar-refractivity contribution in [3.05, 3.63) is 42.4 Å². The zero-order chi connectivity index (χ0) is 14.6. The molecule has 1 fully saturated rings. The first-order valence-electron chi connectivity index (χ1n) is 7.13. The molecule has 1 N–H and O–H groups in total. The van der Waals surface area contributed by atoms with Crippen LogP contribution in [0.15, 0.2) is 36.8 Å². The summed E-state index contributed by atoms with van der Waals surface area (Å²) in [6.45, 7) is -1.48. The van der Waals surface area contributed by atoms with Gasteiger partial charge in [-0.3, -0.25) is 8.78 Å². The first kappa shape index (κ1) is 13.0. The van der Waals surface area contributed by atoms with Gasteiger partial charge >= 0.3 is 0 Å². The molecule has 1 aromatic carbocycles. The molecule has 5 heteroatoms. The van der Waals surface area contributed by atoms with Crippen LogP contribution >= 0.6 is 0 Å². The molecule has 3 nitrogen and oxygen atoms in total. The third-order valence-electron chi connectivity index (χ3n) is 5.13. The molecule has 0 amide bonds. The van der Waals surface area contributed by atoms with Crippen molar-refractivity contribution in [2.24, 2.45) is 11.3 Å². The van der Waals surface area contributed by atoms with Crippen LogP contribution in [0.2, 0.25) is 0 Å². The fourth-order valence-corrected chi connectivity index (χ4v) is 4.03. The lowest BCUT2D eigenvalue weighted by molar-refractivity contribution is -0.143. The summed E-state index contributed by atoms with van der Waals surface area (Å²) in [6.07, 6.45) is 2.96. The van der Waals surface area contributed by atoms with E-state index in [1.165, 1.54) is 0 Å². The van der Waals surface area contributed by atoms with Gasteiger partial charge < -0.3 is 9.67 Å². The molecule has 0 bridgehead atoms. The van der Waals surface area contributed by atoms with Crippen LogP contribution in [0.1, 0.15) is 18.0 Å². The van der Waals surface area contributed by atoms with E-state index in [0.29, 0.717) is 0 Å². The number of benzene rings is 1. The number of imidazole rings is 1. The number of aliphatic hydroxyl groups is 1. The highest BCUT2D eigenvalue weighted by atomic mass is 19.1. The van der Waals surface area contributed by atoms with E-state index in [1.807, 2.05) is 28.8 Å². The molecule has 0 spiro atoms. The second kappa shape index (κ2) is 4.37. The number of aromatic nitrogens is 2. The summed E-state index contributed by atoms with van der Waals surface area (Å²) in [7, 11) is 0.